The maximum Gasteiger partial charge on any atom is 0.236 e. The number of nitrogens with zero attached hydrogens (tertiary/aromatic N) is 2. The third kappa shape index (κ3) is 2.20. The summed E-state index contributed by atoms with van der Waals surface area (Å²) in [5.74, 6) is 0. The molecule has 0 aromatic carbocycles. The molecule has 58 valence electrons. The van der Waals surface area contributed by atoms with Gasteiger partial charge in [-0.3, -0.25) is 0 Å². The first-order chi connectivity index (χ1) is 5.38. The van der Waals surface area contributed by atoms with E-state index in [0.717, 1.165) is 5.08 Å². The fourth-order valence-corrected chi connectivity index (χ4v) is 3.24. The molecule has 2 unspecified atom stereocenters. The molecule has 0 aromatic rings. The van der Waals surface area contributed by atoms with Crippen molar-refractivity contribution in [2.24, 2.45) is 9.98 Å². The fraction of sp³-hybridized carbons (Fsp3) is 0.600. The molecule has 1 aliphatic heterocycles. The summed E-state index contributed by atoms with van der Waals surface area (Å²) in [6.07, 6.45) is 2.90. The second kappa shape index (κ2) is 4.36. The molecule has 1 saturated heterocycles. The number of isocyanates is 2. The molecule has 0 radical (unpaired) electrons. The highest BCUT2D eigenvalue weighted by atomic mass is 32.2. The summed E-state index contributed by atoms with van der Waals surface area (Å²) in [5, 5.41) is 0.295. The Hall–Kier alpha value is -0.540. The molecule has 6 heteroatoms. The molecular weight excluding hydrogens is 184 g/mol. The van der Waals surface area contributed by atoms with Crippen molar-refractivity contribution >= 4 is 35.7 Å². The second-order valence-electron chi connectivity index (χ2n) is 1.67. The molecule has 1 rings (SSSR count). The Kier molecular flexibility index (Phi) is 3.39. The summed E-state index contributed by atoms with van der Waals surface area (Å²) in [4.78, 5) is 26.7. The van der Waals surface area contributed by atoms with Gasteiger partial charge < -0.3 is 0 Å². The van der Waals surface area contributed by atoms with Crippen LogP contribution in [-0.2, 0) is 9.59 Å². The van der Waals surface area contributed by atoms with Crippen LogP contribution < -0.4 is 0 Å². The first kappa shape index (κ1) is 8.56. The maximum absolute atomic E-state index is 9.86. The Balaban J connectivity index is 2.64. The van der Waals surface area contributed by atoms with E-state index in [4.69, 9.17) is 0 Å². The maximum atomic E-state index is 9.86. The van der Waals surface area contributed by atoms with Gasteiger partial charge in [-0.1, -0.05) is 0 Å². The molecule has 0 N–H and O–H groups in total. The molecule has 0 amide bonds. The molecule has 0 spiro atoms. The highest BCUT2D eigenvalue weighted by Crippen LogP contribution is 2.37. The van der Waals surface area contributed by atoms with Gasteiger partial charge >= 0.3 is 0 Å². The SMILES string of the molecule is O=C=NC1SCSC1N=C=O. The molecule has 1 aliphatic rings. The summed E-state index contributed by atoms with van der Waals surface area (Å²) in [5.41, 5.74) is 0. The minimum Gasteiger partial charge on any atom is -0.211 e. The van der Waals surface area contributed by atoms with Gasteiger partial charge in [-0.2, -0.15) is 9.98 Å². The standard InChI is InChI=1S/C5H4N2O2S2/c8-1-6-4-5(7-2-9)11-3-10-4/h4-5H,3H2. The van der Waals surface area contributed by atoms with Crippen molar-refractivity contribution in [2.75, 3.05) is 5.08 Å². The van der Waals surface area contributed by atoms with E-state index in [-0.39, 0.29) is 10.7 Å². The van der Waals surface area contributed by atoms with Crippen molar-refractivity contribution in [3.05, 3.63) is 0 Å². The van der Waals surface area contributed by atoms with Gasteiger partial charge in [0.25, 0.3) is 0 Å². The van der Waals surface area contributed by atoms with Crippen LogP contribution in [0.25, 0.3) is 0 Å². The summed E-state index contributed by atoms with van der Waals surface area (Å²) in [7, 11) is 0. The number of rotatable bonds is 2. The van der Waals surface area contributed by atoms with E-state index in [2.05, 4.69) is 9.98 Å². The Labute approximate surface area is 71.6 Å². The zero-order chi connectivity index (χ0) is 8.10. The number of hydrogen-bond donors (Lipinski definition) is 0. The summed E-state index contributed by atoms with van der Waals surface area (Å²) < 4.78 is 0. The summed E-state index contributed by atoms with van der Waals surface area (Å²) >= 11 is 2.95. The van der Waals surface area contributed by atoms with Crippen LogP contribution in [0, 0.1) is 0 Å². The minimum atomic E-state index is -0.251. The van der Waals surface area contributed by atoms with Crippen molar-refractivity contribution < 1.29 is 9.59 Å². The molecular formula is C5H4N2O2S2. The Bertz CT molecular complexity index is 209. The molecule has 1 heterocycles. The molecule has 0 aliphatic carbocycles. The second-order valence-corrected chi connectivity index (χ2v) is 4.25. The van der Waals surface area contributed by atoms with Gasteiger partial charge in [-0.05, 0) is 0 Å². The number of thioether (sulfide) groups is 2. The van der Waals surface area contributed by atoms with E-state index in [1.807, 2.05) is 0 Å². The third-order valence-electron chi connectivity index (χ3n) is 1.08. The average molecular weight is 188 g/mol. The van der Waals surface area contributed by atoms with Gasteiger partial charge in [0, 0.05) is 5.08 Å². The van der Waals surface area contributed by atoms with Crippen LogP contribution in [0.5, 0.6) is 0 Å². The van der Waals surface area contributed by atoms with E-state index < -0.39 is 0 Å². The van der Waals surface area contributed by atoms with E-state index in [0.29, 0.717) is 0 Å². The van der Waals surface area contributed by atoms with Gasteiger partial charge in [0.05, 0.1) is 0 Å². The largest absolute Gasteiger partial charge is 0.236 e. The number of hydrogen-bond acceptors (Lipinski definition) is 6. The lowest BCUT2D eigenvalue weighted by molar-refractivity contribution is 0.558. The van der Waals surface area contributed by atoms with E-state index in [1.54, 1.807) is 0 Å². The first-order valence-electron chi connectivity index (χ1n) is 2.75. The molecule has 0 saturated carbocycles. The lowest BCUT2D eigenvalue weighted by atomic mass is 10.6. The van der Waals surface area contributed by atoms with Gasteiger partial charge in [-0.15, -0.1) is 23.5 Å². The summed E-state index contributed by atoms with van der Waals surface area (Å²) in [6, 6.07) is 0. The smallest absolute Gasteiger partial charge is 0.211 e. The molecule has 4 nitrogen and oxygen atoms in total. The van der Waals surface area contributed by atoms with Gasteiger partial charge in [0.1, 0.15) is 10.7 Å². The Morgan fingerprint density at radius 3 is 1.91 bits per heavy atom. The minimum absolute atomic E-state index is 0.251. The monoisotopic (exact) mass is 188 g/mol. The molecule has 2 atom stereocenters. The first-order valence-corrected chi connectivity index (χ1v) is 4.85. The summed E-state index contributed by atoms with van der Waals surface area (Å²) in [6.45, 7) is 0. The number of aliphatic imine (C=N–C) groups is 2. The van der Waals surface area contributed by atoms with Crippen LogP contribution in [0.1, 0.15) is 0 Å². The van der Waals surface area contributed by atoms with Crippen molar-refractivity contribution in [2.45, 2.75) is 10.7 Å². The molecule has 0 aromatic heterocycles. The lowest BCUT2D eigenvalue weighted by Crippen LogP contribution is -2.08. The molecule has 1 fully saturated rings. The van der Waals surface area contributed by atoms with Crippen LogP contribution >= 0.6 is 23.5 Å². The third-order valence-corrected chi connectivity index (χ3v) is 3.75. The Morgan fingerprint density at radius 2 is 1.55 bits per heavy atom. The topological polar surface area (TPSA) is 58.9 Å². The van der Waals surface area contributed by atoms with Crippen molar-refractivity contribution in [1.29, 1.82) is 0 Å². The molecule has 11 heavy (non-hydrogen) atoms. The predicted octanol–water partition coefficient (Wildman–Crippen LogP) is 0.748. The van der Waals surface area contributed by atoms with E-state index >= 15 is 0 Å². The van der Waals surface area contributed by atoms with Crippen LogP contribution in [0.3, 0.4) is 0 Å². The van der Waals surface area contributed by atoms with Gasteiger partial charge in [0.2, 0.25) is 12.2 Å². The normalized spacial score (nSPS) is 28.7. The van der Waals surface area contributed by atoms with Crippen LogP contribution in [-0.4, -0.2) is 28.0 Å². The highest BCUT2D eigenvalue weighted by molar-refractivity contribution is 8.19. The van der Waals surface area contributed by atoms with Gasteiger partial charge in [-0.25, -0.2) is 9.59 Å². The Morgan fingerprint density at radius 1 is 1.09 bits per heavy atom. The van der Waals surface area contributed by atoms with Crippen LogP contribution in [0.4, 0.5) is 0 Å². The van der Waals surface area contributed by atoms with Crippen LogP contribution in [0.2, 0.25) is 0 Å². The number of carbonyl (C=O) groups excluding carboxylic acids is 2. The van der Waals surface area contributed by atoms with Crippen molar-refractivity contribution in [1.82, 2.24) is 0 Å². The van der Waals surface area contributed by atoms with Gasteiger partial charge in [0.15, 0.2) is 0 Å². The highest BCUT2D eigenvalue weighted by Gasteiger charge is 2.27. The predicted molar refractivity (Wildman–Crippen MR) is 43.9 cm³/mol. The van der Waals surface area contributed by atoms with E-state index in [1.165, 1.54) is 35.7 Å². The van der Waals surface area contributed by atoms with Crippen molar-refractivity contribution in [3.63, 3.8) is 0 Å². The quantitative estimate of drug-likeness (QED) is 0.474. The van der Waals surface area contributed by atoms with Crippen molar-refractivity contribution in [3.8, 4) is 0 Å². The zero-order valence-electron chi connectivity index (χ0n) is 5.39. The average Bonchev–Trinajstić information content (AvgIpc) is 2.39. The van der Waals surface area contributed by atoms with E-state index in [9.17, 15) is 9.59 Å². The molecule has 0 bridgehead atoms. The van der Waals surface area contributed by atoms with Crippen LogP contribution in [0.15, 0.2) is 9.98 Å². The fourth-order valence-electron chi connectivity index (χ4n) is 0.649. The lowest BCUT2D eigenvalue weighted by Gasteiger charge is -2.02. The zero-order valence-corrected chi connectivity index (χ0v) is 7.02.